The Hall–Kier alpha value is -2.45. The summed E-state index contributed by atoms with van der Waals surface area (Å²) in [5.74, 6) is -0.0536. The van der Waals surface area contributed by atoms with Gasteiger partial charge in [0.05, 0.1) is 12.3 Å². The zero-order valence-electron chi connectivity index (χ0n) is 16.0. The van der Waals surface area contributed by atoms with E-state index in [2.05, 4.69) is 0 Å². The first-order chi connectivity index (χ1) is 13.4. The van der Waals surface area contributed by atoms with Gasteiger partial charge in [-0.15, -0.1) is 0 Å². The number of fused-ring (bicyclic) bond motifs is 1. The van der Waals surface area contributed by atoms with E-state index in [4.69, 9.17) is 4.74 Å². The molecule has 3 rings (SSSR count). The van der Waals surface area contributed by atoms with E-state index in [1.54, 1.807) is 24.0 Å². The molecule has 0 saturated carbocycles. The van der Waals surface area contributed by atoms with Gasteiger partial charge in [-0.25, -0.2) is 9.00 Å². The van der Waals surface area contributed by atoms with E-state index in [9.17, 15) is 18.4 Å². The van der Waals surface area contributed by atoms with Gasteiger partial charge in [0.2, 0.25) is 0 Å². The van der Waals surface area contributed by atoms with Crippen molar-refractivity contribution in [2.45, 2.75) is 32.7 Å². The fourth-order valence-electron chi connectivity index (χ4n) is 3.69. The first kappa shape index (κ1) is 20.3. The minimum absolute atomic E-state index is 0.0536. The Balaban J connectivity index is 1.92. The molecule has 1 N–H and O–H groups in total. The Morgan fingerprint density at radius 3 is 2.39 bits per heavy atom. The number of benzene rings is 2. The highest BCUT2D eigenvalue weighted by molar-refractivity contribution is 7.80. The molecule has 2 aromatic rings. The molecule has 150 valence electrons. The van der Waals surface area contributed by atoms with E-state index in [1.807, 2.05) is 24.3 Å². The molecule has 0 aliphatic carbocycles. The van der Waals surface area contributed by atoms with Crippen LogP contribution in [0.15, 0.2) is 36.4 Å². The van der Waals surface area contributed by atoms with E-state index < -0.39 is 11.3 Å². The van der Waals surface area contributed by atoms with Crippen LogP contribution < -0.4 is 4.31 Å². The number of anilines is 1. The molecule has 0 spiro atoms. The highest BCUT2D eigenvalue weighted by Crippen LogP contribution is 2.34. The van der Waals surface area contributed by atoms with Crippen molar-refractivity contribution in [2.75, 3.05) is 24.0 Å². The molecular formula is C20H24N2O5S. The summed E-state index contributed by atoms with van der Waals surface area (Å²) in [5, 5.41) is 1.51. The smallest absolute Gasteiger partial charge is 0.409 e. The van der Waals surface area contributed by atoms with Crippen molar-refractivity contribution < 1.29 is 23.1 Å². The number of ketones is 1. The quantitative estimate of drug-likeness (QED) is 0.608. The third kappa shape index (κ3) is 4.02. The molecule has 28 heavy (non-hydrogen) atoms. The Morgan fingerprint density at radius 1 is 1.18 bits per heavy atom. The van der Waals surface area contributed by atoms with Gasteiger partial charge in [-0.1, -0.05) is 24.3 Å². The van der Waals surface area contributed by atoms with Gasteiger partial charge in [-0.05, 0) is 44.2 Å². The number of ether oxygens (including phenoxy) is 1. The fraction of sp³-hybridized carbons (Fsp3) is 0.400. The summed E-state index contributed by atoms with van der Waals surface area (Å²) in [6.07, 6.45) is 0.746. The number of carbonyl (C=O) groups is 2. The van der Waals surface area contributed by atoms with Crippen LogP contribution in [0, 0.1) is 0 Å². The lowest BCUT2D eigenvalue weighted by atomic mass is 9.99. The molecule has 1 aliphatic rings. The first-order valence-electron chi connectivity index (χ1n) is 9.28. The highest BCUT2D eigenvalue weighted by Gasteiger charge is 2.31. The largest absolute Gasteiger partial charge is 0.450 e. The second-order valence-corrected chi connectivity index (χ2v) is 7.56. The molecule has 1 heterocycles. The van der Waals surface area contributed by atoms with E-state index in [0.717, 1.165) is 10.8 Å². The monoisotopic (exact) mass is 404 g/mol. The lowest BCUT2D eigenvalue weighted by molar-refractivity contribution is 0.0975. The number of hydrogen-bond donors (Lipinski definition) is 1. The lowest BCUT2D eigenvalue weighted by Gasteiger charge is -2.37. The van der Waals surface area contributed by atoms with E-state index in [-0.39, 0.29) is 17.9 Å². The summed E-state index contributed by atoms with van der Waals surface area (Å²) in [7, 11) is 0. The van der Waals surface area contributed by atoms with Crippen molar-refractivity contribution >= 4 is 39.6 Å². The fourth-order valence-corrected chi connectivity index (χ4v) is 4.48. The molecular weight excluding hydrogens is 380 g/mol. The molecule has 1 atom stereocenters. The molecule has 1 aliphatic heterocycles. The molecule has 0 radical (unpaired) electrons. The van der Waals surface area contributed by atoms with Crippen LogP contribution in [0.5, 0.6) is 0 Å². The van der Waals surface area contributed by atoms with E-state index in [0.29, 0.717) is 43.8 Å². The SMILES string of the molecule is CCOC(=O)N1CCC(N(c2ccc(C(C)=O)c3ccccc23)S(=O)O)CC1. The number of amides is 1. The van der Waals surface area contributed by atoms with Crippen LogP contribution in [0.3, 0.4) is 0 Å². The molecule has 0 aromatic heterocycles. The molecule has 1 fully saturated rings. The van der Waals surface area contributed by atoms with Crippen molar-refractivity contribution in [1.29, 1.82) is 0 Å². The normalized spacial score (nSPS) is 16.0. The Labute approximate surface area is 166 Å². The number of nitrogens with zero attached hydrogens (tertiary/aromatic N) is 2. The number of likely N-dealkylation sites (tertiary alicyclic amines) is 1. The van der Waals surface area contributed by atoms with Crippen LogP contribution in [-0.2, 0) is 16.0 Å². The Kier molecular flexibility index (Phi) is 6.31. The van der Waals surface area contributed by atoms with E-state index in [1.165, 1.54) is 11.2 Å². The summed E-state index contributed by atoms with van der Waals surface area (Å²) in [6.45, 7) is 4.51. The van der Waals surface area contributed by atoms with Crippen molar-refractivity contribution in [1.82, 2.24) is 4.90 Å². The van der Waals surface area contributed by atoms with Crippen molar-refractivity contribution in [2.24, 2.45) is 0 Å². The standard InChI is InChI=1S/C20H24N2O5S/c1-3-27-20(24)21-12-10-15(11-13-21)22(28(25)26)19-9-8-16(14(2)23)17-6-4-5-7-18(17)19/h4-9,15H,3,10-13H2,1-2H3,(H,25,26). The lowest BCUT2D eigenvalue weighted by Crippen LogP contribution is -2.47. The van der Waals surface area contributed by atoms with Gasteiger partial charge in [0.25, 0.3) is 11.3 Å². The Morgan fingerprint density at radius 2 is 1.82 bits per heavy atom. The van der Waals surface area contributed by atoms with Crippen LogP contribution in [0.1, 0.15) is 37.0 Å². The maximum atomic E-state index is 12.2. The minimum Gasteiger partial charge on any atom is -0.450 e. The minimum atomic E-state index is -2.24. The molecule has 0 bridgehead atoms. The predicted molar refractivity (Wildman–Crippen MR) is 109 cm³/mol. The summed E-state index contributed by atoms with van der Waals surface area (Å²) >= 11 is -2.24. The predicted octanol–water partition coefficient (Wildman–Crippen LogP) is 3.61. The summed E-state index contributed by atoms with van der Waals surface area (Å²) in [6, 6.07) is 10.6. The summed E-state index contributed by atoms with van der Waals surface area (Å²) < 4.78 is 28.8. The maximum Gasteiger partial charge on any atom is 0.409 e. The Bertz CT molecular complexity index is 909. The molecule has 1 unspecified atom stereocenters. The highest BCUT2D eigenvalue weighted by atomic mass is 32.2. The first-order valence-corrected chi connectivity index (χ1v) is 10.3. The number of Topliss-reactive ketones (excluding diaryl/α,β-unsaturated/α-hetero) is 1. The molecule has 2 aromatic carbocycles. The van der Waals surface area contributed by atoms with Crippen molar-refractivity contribution in [3.05, 3.63) is 42.0 Å². The number of piperidine rings is 1. The van der Waals surface area contributed by atoms with Gasteiger partial charge < -0.3 is 9.64 Å². The topological polar surface area (TPSA) is 87.2 Å². The average Bonchev–Trinajstić information content (AvgIpc) is 2.68. The van der Waals surface area contributed by atoms with Crippen LogP contribution in [-0.4, -0.2) is 51.3 Å². The van der Waals surface area contributed by atoms with E-state index >= 15 is 0 Å². The zero-order chi connectivity index (χ0) is 20.3. The second kappa shape index (κ2) is 8.70. The van der Waals surface area contributed by atoms with Gasteiger partial charge in [0.15, 0.2) is 5.78 Å². The molecule has 8 heteroatoms. The van der Waals surface area contributed by atoms with Crippen LogP contribution in [0.2, 0.25) is 0 Å². The third-order valence-corrected chi connectivity index (χ3v) is 5.84. The van der Waals surface area contributed by atoms with Gasteiger partial charge in [-0.3, -0.25) is 13.7 Å². The summed E-state index contributed by atoms with van der Waals surface area (Å²) in [4.78, 5) is 25.5. The summed E-state index contributed by atoms with van der Waals surface area (Å²) in [5.41, 5.74) is 1.19. The third-order valence-electron chi connectivity index (χ3n) is 5.01. The second-order valence-electron chi connectivity index (χ2n) is 6.71. The number of hydrogen-bond acceptors (Lipinski definition) is 4. The molecule has 1 amide bonds. The zero-order valence-corrected chi connectivity index (χ0v) is 16.8. The van der Waals surface area contributed by atoms with Crippen molar-refractivity contribution in [3.8, 4) is 0 Å². The van der Waals surface area contributed by atoms with Gasteiger partial charge in [0, 0.05) is 30.1 Å². The average molecular weight is 404 g/mol. The maximum absolute atomic E-state index is 12.2. The van der Waals surface area contributed by atoms with Crippen LogP contribution in [0.4, 0.5) is 10.5 Å². The van der Waals surface area contributed by atoms with Gasteiger partial charge >= 0.3 is 6.09 Å². The van der Waals surface area contributed by atoms with Crippen LogP contribution >= 0.6 is 0 Å². The number of carbonyl (C=O) groups excluding carboxylic acids is 2. The molecule has 1 saturated heterocycles. The number of rotatable bonds is 5. The van der Waals surface area contributed by atoms with Gasteiger partial charge in [0.1, 0.15) is 0 Å². The van der Waals surface area contributed by atoms with Gasteiger partial charge in [-0.2, -0.15) is 0 Å². The molecule has 7 nitrogen and oxygen atoms in total. The van der Waals surface area contributed by atoms with Crippen molar-refractivity contribution in [3.63, 3.8) is 0 Å². The van der Waals surface area contributed by atoms with Crippen LogP contribution in [0.25, 0.3) is 10.8 Å².